The third kappa shape index (κ3) is 12.1. The van der Waals surface area contributed by atoms with Gasteiger partial charge in [0.25, 0.3) is 0 Å². The maximum Gasteiger partial charge on any atom is 0.326 e. The van der Waals surface area contributed by atoms with Crippen LogP contribution in [0.25, 0.3) is 0 Å². The molecule has 1 aromatic carbocycles. The molecule has 15 nitrogen and oxygen atoms in total. The van der Waals surface area contributed by atoms with Crippen molar-refractivity contribution >= 4 is 35.6 Å². The molecule has 4 atom stereocenters. The maximum absolute atomic E-state index is 13.2. The predicted octanol–water partition coefficient (Wildman–Crippen LogP) is -2.99. The first-order valence-corrected chi connectivity index (χ1v) is 11.8. The number of aliphatic hydroxyl groups excluding tert-OH is 1. The number of carboxylic acids is 2. The topological polar surface area (TPSA) is 273 Å². The number of aliphatic imine (C=N–C) groups is 1. The summed E-state index contributed by atoms with van der Waals surface area (Å²) in [6.45, 7) is -0.522. The summed E-state index contributed by atoms with van der Waals surface area (Å²) >= 11 is 0. The van der Waals surface area contributed by atoms with E-state index < -0.39 is 66.9 Å². The third-order valence-electron chi connectivity index (χ3n) is 5.29. The molecule has 1 aromatic rings. The Hall–Kier alpha value is -4.24. The Kier molecular flexibility index (Phi) is 13.8. The van der Waals surface area contributed by atoms with Crippen LogP contribution in [0.4, 0.5) is 0 Å². The van der Waals surface area contributed by atoms with E-state index in [4.69, 9.17) is 27.4 Å². The molecule has 0 saturated carbocycles. The van der Waals surface area contributed by atoms with E-state index in [0.29, 0.717) is 5.56 Å². The monoisotopic (exact) mass is 537 g/mol. The van der Waals surface area contributed by atoms with E-state index >= 15 is 0 Å². The molecule has 0 aliphatic carbocycles. The number of aliphatic hydroxyl groups is 1. The van der Waals surface area contributed by atoms with Gasteiger partial charge in [-0.2, -0.15) is 0 Å². The highest BCUT2D eigenvalue weighted by Gasteiger charge is 2.30. The second-order valence-corrected chi connectivity index (χ2v) is 8.38. The van der Waals surface area contributed by atoms with Gasteiger partial charge in [0.05, 0.1) is 6.61 Å². The zero-order valence-corrected chi connectivity index (χ0v) is 20.7. The van der Waals surface area contributed by atoms with Gasteiger partial charge in [0.2, 0.25) is 17.7 Å². The van der Waals surface area contributed by atoms with Crippen LogP contribution >= 0.6 is 0 Å². The molecular weight excluding hydrogens is 502 g/mol. The van der Waals surface area contributed by atoms with Crippen LogP contribution in [0.1, 0.15) is 31.2 Å². The SMILES string of the molecule is NC(N)=NCCCC(NC(=O)C(N)CO)C(=O)NC(Cc1ccccc1)C(=O)NC(CCC(=O)O)C(=O)O. The number of nitrogens with two attached hydrogens (primary N) is 3. The summed E-state index contributed by atoms with van der Waals surface area (Å²) in [5.41, 5.74) is 16.8. The lowest BCUT2D eigenvalue weighted by atomic mass is 10.0. The van der Waals surface area contributed by atoms with Crippen LogP contribution in [0, 0.1) is 0 Å². The van der Waals surface area contributed by atoms with E-state index in [9.17, 15) is 29.1 Å². The molecule has 0 heterocycles. The summed E-state index contributed by atoms with van der Waals surface area (Å²) < 4.78 is 0. The largest absolute Gasteiger partial charge is 0.481 e. The number of aliphatic carboxylic acids is 2. The summed E-state index contributed by atoms with van der Waals surface area (Å²) in [7, 11) is 0. The molecular formula is C23H35N7O8. The first-order chi connectivity index (χ1) is 17.9. The number of hydrogen-bond donors (Lipinski definition) is 9. The van der Waals surface area contributed by atoms with Gasteiger partial charge in [0, 0.05) is 19.4 Å². The van der Waals surface area contributed by atoms with Crippen LogP contribution in [-0.2, 0) is 30.4 Å². The molecule has 4 unspecified atom stereocenters. The van der Waals surface area contributed by atoms with Crippen molar-refractivity contribution in [3.8, 4) is 0 Å². The van der Waals surface area contributed by atoms with E-state index in [1.54, 1.807) is 30.3 Å². The molecule has 38 heavy (non-hydrogen) atoms. The van der Waals surface area contributed by atoms with Gasteiger partial charge >= 0.3 is 11.9 Å². The minimum Gasteiger partial charge on any atom is -0.481 e. The lowest BCUT2D eigenvalue weighted by Gasteiger charge is -2.25. The number of amides is 3. The number of carbonyl (C=O) groups excluding carboxylic acids is 3. The number of hydrogen-bond acceptors (Lipinski definition) is 8. The third-order valence-corrected chi connectivity index (χ3v) is 5.29. The number of benzene rings is 1. The molecule has 12 N–H and O–H groups in total. The van der Waals surface area contributed by atoms with Gasteiger partial charge in [-0.05, 0) is 24.8 Å². The number of nitrogens with one attached hydrogen (secondary N) is 3. The lowest BCUT2D eigenvalue weighted by Crippen LogP contribution is -2.58. The standard InChI is InChI=1S/C23H35N7O8/c24-14(12-31)19(34)28-15(7-4-10-27-23(25)26)20(35)30-17(11-13-5-2-1-3-6-13)21(36)29-16(22(37)38)8-9-18(32)33/h1-3,5-6,14-17,31H,4,7-12,24H2,(H,28,34)(H,29,36)(H,30,35)(H,32,33)(H,37,38)(H4,25,26,27). The van der Waals surface area contributed by atoms with Gasteiger partial charge in [-0.15, -0.1) is 0 Å². The molecule has 15 heteroatoms. The summed E-state index contributed by atoms with van der Waals surface area (Å²) in [5.74, 6) is -5.28. The van der Waals surface area contributed by atoms with Crippen LogP contribution in [0.15, 0.2) is 35.3 Å². The van der Waals surface area contributed by atoms with Crippen molar-refractivity contribution in [2.45, 2.75) is 56.3 Å². The smallest absolute Gasteiger partial charge is 0.326 e. The zero-order valence-electron chi connectivity index (χ0n) is 20.7. The molecule has 0 fully saturated rings. The van der Waals surface area contributed by atoms with Crippen LogP contribution in [0.2, 0.25) is 0 Å². The maximum atomic E-state index is 13.2. The minimum atomic E-state index is -1.51. The Morgan fingerprint density at radius 3 is 1.97 bits per heavy atom. The van der Waals surface area contributed by atoms with Gasteiger partial charge in [-0.25, -0.2) is 4.79 Å². The van der Waals surface area contributed by atoms with Crippen LogP contribution in [0.5, 0.6) is 0 Å². The van der Waals surface area contributed by atoms with E-state index in [0.717, 1.165) is 0 Å². The fourth-order valence-corrected chi connectivity index (χ4v) is 3.26. The van der Waals surface area contributed by atoms with Crippen LogP contribution < -0.4 is 33.2 Å². The van der Waals surface area contributed by atoms with Gasteiger partial charge < -0.3 is 48.5 Å². The molecule has 0 aromatic heterocycles. The zero-order chi connectivity index (χ0) is 28.7. The fourth-order valence-electron chi connectivity index (χ4n) is 3.26. The fraction of sp³-hybridized carbons (Fsp3) is 0.478. The molecule has 0 aliphatic heterocycles. The summed E-state index contributed by atoms with van der Waals surface area (Å²) in [6, 6.07) is 3.28. The second kappa shape index (κ2) is 16.5. The van der Waals surface area contributed by atoms with Crippen molar-refractivity contribution < 1.29 is 39.3 Å². The number of carboxylic acid groups (broad SMARTS) is 2. The Balaban J connectivity index is 3.13. The molecule has 0 aliphatic rings. The van der Waals surface area contributed by atoms with Crippen LogP contribution in [-0.4, -0.2) is 88.3 Å². The predicted molar refractivity (Wildman–Crippen MR) is 135 cm³/mol. The van der Waals surface area contributed by atoms with Gasteiger partial charge in [-0.1, -0.05) is 30.3 Å². The van der Waals surface area contributed by atoms with E-state index in [1.807, 2.05) is 0 Å². The Morgan fingerprint density at radius 1 is 0.842 bits per heavy atom. The first-order valence-electron chi connectivity index (χ1n) is 11.8. The number of nitrogens with zero attached hydrogens (tertiary/aromatic N) is 1. The molecule has 0 radical (unpaired) electrons. The number of guanidine groups is 1. The van der Waals surface area contributed by atoms with E-state index in [2.05, 4.69) is 20.9 Å². The molecule has 0 bridgehead atoms. The highest BCUT2D eigenvalue weighted by Crippen LogP contribution is 2.07. The average molecular weight is 538 g/mol. The summed E-state index contributed by atoms with van der Waals surface area (Å²) in [5, 5.41) is 34.6. The van der Waals surface area contributed by atoms with Gasteiger partial charge in [-0.3, -0.25) is 24.2 Å². The minimum absolute atomic E-state index is 0.0332. The number of carbonyl (C=O) groups is 5. The van der Waals surface area contributed by atoms with Crippen molar-refractivity contribution in [1.29, 1.82) is 0 Å². The summed E-state index contributed by atoms with van der Waals surface area (Å²) in [6.07, 6.45) is -0.597. The Bertz CT molecular complexity index is 985. The molecule has 0 saturated heterocycles. The molecule has 0 spiro atoms. The van der Waals surface area contributed by atoms with Gasteiger partial charge in [0.15, 0.2) is 5.96 Å². The molecule has 3 amide bonds. The van der Waals surface area contributed by atoms with Crippen molar-refractivity contribution in [3.63, 3.8) is 0 Å². The van der Waals surface area contributed by atoms with Crippen molar-refractivity contribution in [2.24, 2.45) is 22.2 Å². The number of rotatable bonds is 17. The second-order valence-electron chi connectivity index (χ2n) is 8.38. The summed E-state index contributed by atoms with van der Waals surface area (Å²) in [4.78, 5) is 64.7. The Morgan fingerprint density at radius 2 is 1.42 bits per heavy atom. The van der Waals surface area contributed by atoms with Crippen molar-refractivity contribution in [1.82, 2.24) is 16.0 Å². The normalized spacial score (nSPS) is 13.7. The van der Waals surface area contributed by atoms with Crippen molar-refractivity contribution in [3.05, 3.63) is 35.9 Å². The van der Waals surface area contributed by atoms with Crippen LogP contribution in [0.3, 0.4) is 0 Å². The van der Waals surface area contributed by atoms with Gasteiger partial charge in [0.1, 0.15) is 24.2 Å². The average Bonchev–Trinajstić information content (AvgIpc) is 2.87. The highest BCUT2D eigenvalue weighted by atomic mass is 16.4. The molecule has 1 rings (SSSR count). The van der Waals surface area contributed by atoms with E-state index in [1.165, 1.54) is 0 Å². The molecule has 210 valence electrons. The van der Waals surface area contributed by atoms with E-state index in [-0.39, 0.29) is 38.2 Å². The first kappa shape index (κ1) is 31.8. The highest BCUT2D eigenvalue weighted by molar-refractivity contribution is 5.94. The van der Waals surface area contributed by atoms with Crippen molar-refractivity contribution in [2.75, 3.05) is 13.2 Å². The quantitative estimate of drug-likeness (QED) is 0.0548. The lowest BCUT2D eigenvalue weighted by molar-refractivity contribution is -0.143. The Labute approximate surface area is 218 Å².